The van der Waals surface area contributed by atoms with Crippen LogP contribution in [0.25, 0.3) is 17.1 Å². The van der Waals surface area contributed by atoms with E-state index in [4.69, 9.17) is 4.42 Å². The first-order chi connectivity index (χ1) is 16.9. The number of H-pyrrole nitrogens is 1. The van der Waals surface area contributed by atoms with Gasteiger partial charge in [-0.1, -0.05) is 6.07 Å². The zero-order valence-corrected chi connectivity index (χ0v) is 17.8. The highest BCUT2D eigenvalue weighted by molar-refractivity contribution is 5.90. The molecule has 35 heavy (non-hydrogen) atoms. The van der Waals surface area contributed by atoms with Crippen molar-refractivity contribution in [1.29, 1.82) is 0 Å². The molecule has 176 valence electrons. The number of halogens is 3. The number of fused-ring (bicyclic) bond motifs is 2. The van der Waals surface area contributed by atoms with Crippen LogP contribution in [0, 0.1) is 0 Å². The molecule has 10 nitrogen and oxygen atoms in total. The molecule has 5 aromatic rings. The highest BCUT2D eigenvalue weighted by atomic mass is 19.4. The number of hydrogen-bond donors (Lipinski definition) is 1. The zero-order chi connectivity index (χ0) is 24.2. The lowest BCUT2D eigenvalue weighted by atomic mass is 9.99. The molecule has 0 aliphatic carbocycles. The Morgan fingerprint density at radius 2 is 2.03 bits per heavy atom. The first-order valence-corrected chi connectivity index (χ1v) is 10.5. The number of pyridine rings is 2. The quantitative estimate of drug-likeness (QED) is 0.421. The molecule has 1 amide bonds. The van der Waals surface area contributed by atoms with E-state index in [0.29, 0.717) is 29.0 Å². The third-order valence-electron chi connectivity index (χ3n) is 5.76. The molecule has 0 aromatic carbocycles. The number of imidazole rings is 1. The number of aromatic amines is 1. The van der Waals surface area contributed by atoms with Gasteiger partial charge < -0.3 is 14.3 Å². The van der Waals surface area contributed by atoms with Gasteiger partial charge in [0.15, 0.2) is 0 Å². The molecule has 0 unspecified atom stereocenters. The minimum atomic E-state index is -4.51. The lowest BCUT2D eigenvalue weighted by molar-refractivity contribution is -0.137. The summed E-state index contributed by atoms with van der Waals surface area (Å²) in [5, 5.41) is 12.2. The summed E-state index contributed by atoms with van der Waals surface area (Å²) in [6.07, 6.45) is -0.0317. The number of rotatable bonds is 3. The molecule has 1 aliphatic rings. The maximum Gasteiger partial charge on any atom is 0.417 e. The number of nitrogens with zero attached hydrogens (tertiary/aromatic N) is 7. The van der Waals surface area contributed by atoms with Gasteiger partial charge in [-0.05, 0) is 30.3 Å². The largest absolute Gasteiger partial charge is 0.417 e. The first-order valence-electron chi connectivity index (χ1n) is 10.5. The number of amides is 1. The SMILES string of the molecule is O=C(c1nnc(-c2ccccn2)o1)N1CCc2[nH]cnc2[C@H]1c1cc2ccc(C(F)(F)F)cn2n1. The second-order valence-electron chi connectivity index (χ2n) is 7.90. The van der Waals surface area contributed by atoms with Crippen LogP contribution in [-0.2, 0) is 12.6 Å². The smallest absolute Gasteiger partial charge is 0.411 e. The topological polar surface area (TPSA) is 118 Å². The Bertz CT molecular complexity index is 1540. The van der Waals surface area contributed by atoms with Crippen molar-refractivity contribution in [3.63, 3.8) is 0 Å². The van der Waals surface area contributed by atoms with Crippen LogP contribution in [0.5, 0.6) is 0 Å². The van der Waals surface area contributed by atoms with Crippen LogP contribution in [0.2, 0.25) is 0 Å². The van der Waals surface area contributed by atoms with E-state index in [1.807, 2.05) is 0 Å². The van der Waals surface area contributed by atoms with Crippen molar-refractivity contribution in [2.45, 2.75) is 18.6 Å². The molecular weight excluding hydrogens is 465 g/mol. The summed E-state index contributed by atoms with van der Waals surface area (Å²) in [5.74, 6) is -0.695. The fraction of sp³-hybridized carbons (Fsp3) is 0.182. The highest BCUT2D eigenvalue weighted by Crippen LogP contribution is 2.35. The molecule has 1 atom stereocenters. The van der Waals surface area contributed by atoms with E-state index in [0.717, 1.165) is 22.5 Å². The molecule has 6 rings (SSSR count). The second-order valence-corrected chi connectivity index (χ2v) is 7.90. The lowest BCUT2D eigenvalue weighted by Gasteiger charge is -2.32. The number of hydrogen-bond acceptors (Lipinski definition) is 7. The van der Waals surface area contributed by atoms with Gasteiger partial charge in [-0.15, -0.1) is 10.2 Å². The summed E-state index contributed by atoms with van der Waals surface area (Å²) in [7, 11) is 0. The van der Waals surface area contributed by atoms with Gasteiger partial charge in [0, 0.05) is 31.1 Å². The summed E-state index contributed by atoms with van der Waals surface area (Å²) in [6.45, 7) is 0.279. The van der Waals surface area contributed by atoms with Crippen molar-refractivity contribution in [1.82, 2.24) is 39.7 Å². The maximum atomic E-state index is 13.4. The summed E-state index contributed by atoms with van der Waals surface area (Å²) >= 11 is 0. The Hall–Kier alpha value is -4.55. The molecule has 0 saturated heterocycles. The molecule has 0 spiro atoms. The second kappa shape index (κ2) is 7.75. The van der Waals surface area contributed by atoms with Crippen LogP contribution in [-0.4, -0.2) is 52.1 Å². The molecule has 0 radical (unpaired) electrons. The lowest BCUT2D eigenvalue weighted by Crippen LogP contribution is -2.41. The van der Waals surface area contributed by atoms with E-state index >= 15 is 0 Å². The molecule has 0 saturated carbocycles. The summed E-state index contributed by atoms with van der Waals surface area (Å²) < 4.78 is 46.3. The van der Waals surface area contributed by atoms with Crippen LogP contribution in [0.3, 0.4) is 0 Å². The monoisotopic (exact) mass is 480 g/mol. The van der Waals surface area contributed by atoms with E-state index in [-0.39, 0.29) is 18.3 Å². The maximum absolute atomic E-state index is 13.4. The van der Waals surface area contributed by atoms with Gasteiger partial charge >= 0.3 is 18.0 Å². The average Bonchev–Trinajstić information content (AvgIpc) is 3.61. The third-order valence-corrected chi connectivity index (χ3v) is 5.76. The van der Waals surface area contributed by atoms with E-state index < -0.39 is 23.7 Å². The van der Waals surface area contributed by atoms with Crippen LogP contribution >= 0.6 is 0 Å². The number of alkyl halides is 3. The predicted octanol–water partition coefficient (Wildman–Crippen LogP) is 3.31. The Morgan fingerprint density at radius 1 is 1.14 bits per heavy atom. The zero-order valence-electron chi connectivity index (χ0n) is 17.8. The number of carbonyl (C=O) groups is 1. The standard InChI is InChI=1S/C22H15F3N8O2/c23-22(24,25)12-4-5-13-9-16(31-33(13)10-12)18-17-14(27-11-28-17)6-8-32(18)21(34)20-30-29-19(35-20)15-3-1-2-7-26-15/h1-5,7,9-11,18H,6,8H2,(H,27,28)/t18-/m1/s1. The van der Waals surface area contributed by atoms with Crippen molar-refractivity contribution in [3.8, 4) is 11.6 Å². The van der Waals surface area contributed by atoms with Gasteiger partial charge in [0.1, 0.15) is 11.7 Å². The number of nitrogens with one attached hydrogen (secondary N) is 1. The molecule has 6 heterocycles. The number of carbonyl (C=O) groups excluding carboxylic acids is 1. The van der Waals surface area contributed by atoms with Gasteiger partial charge in [-0.3, -0.25) is 9.78 Å². The fourth-order valence-electron chi connectivity index (χ4n) is 4.13. The Morgan fingerprint density at radius 3 is 2.83 bits per heavy atom. The van der Waals surface area contributed by atoms with Crippen molar-refractivity contribution >= 4 is 11.4 Å². The minimum absolute atomic E-state index is 0.0929. The van der Waals surface area contributed by atoms with Crippen LogP contribution in [0.4, 0.5) is 13.2 Å². The molecular formula is C22H15F3N8O2. The van der Waals surface area contributed by atoms with E-state index in [9.17, 15) is 18.0 Å². The molecule has 0 fully saturated rings. The summed E-state index contributed by atoms with van der Waals surface area (Å²) in [6, 6.07) is 8.34. The number of aromatic nitrogens is 7. The normalized spacial score (nSPS) is 16.0. The van der Waals surface area contributed by atoms with E-state index in [2.05, 4.69) is 30.2 Å². The average molecular weight is 480 g/mol. The molecule has 5 aromatic heterocycles. The van der Waals surface area contributed by atoms with Crippen molar-refractivity contribution in [3.05, 3.63) is 83.7 Å². The molecule has 13 heteroatoms. The van der Waals surface area contributed by atoms with Crippen LogP contribution in [0.1, 0.15) is 39.4 Å². The van der Waals surface area contributed by atoms with Gasteiger partial charge in [0.05, 0.1) is 28.8 Å². The van der Waals surface area contributed by atoms with E-state index in [1.165, 1.54) is 17.3 Å². The van der Waals surface area contributed by atoms with Gasteiger partial charge in [-0.25, -0.2) is 9.50 Å². The van der Waals surface area contributed by atoms with Crippen molar-refractivity contribution < 1.29 is 22.4 Å². The third kappa shape index (κ3) is 3.61. The highest BCUT2D eigenvalue weighted by Gasteiger charge is 2.38. The van der Waals surface area contributed by atoms with Crippen molar-refractivity contribution in [2.75, 3.05) is 6.54 Å². The predicted molar refractivity (Wildman–Crippen MR) is 113 cm³/mol. The Balaban J connectivity index is 1.39. The van der Waals surface area contributed by atoms with Crippen LogP contribution in [0.15, 0.2) is 59.5 Å². The van der Waals surface area contributed by atoms with Gasteiger partial charge in [-0.2, -0.15) is 18.3 Å². The van der Waals surface area contributed by atoms with E-state index in [1.54, 1.807) is 30.5 Å². The Kier molecular flexibility index (Phi) is 4.65. The minimum Gasteiger partial charge on any atom is -0.411 e. The molecule has 0 bridgehead atoms. The van der Waals surface area contributed by atoms with Crippen molar-refractivity contribution in [2.24, 2.45) is 0 Å². The summed E-state index contributed by atoms with van der Waals surface area (Å²) in [5.41, 5.74) is 1.75. The van der Waals surface area contributed by atoms with Gasteiger partial charge in [0.2, 0.25) is 0 Å². The van der Waals surface area contributed by atoms with Gasteiger partial charge in [0.25, 0.3) is 5.89 Å². The summed E-state index contributed by atoms with van der Waals surface area (Å²) in [4.78, 5) is 26.5. The molecule has 1 N–H and O–H groups in total. The van der Waals surface area contributed by atoms with Crippen LogP contribution < -0.4 is 0 Å². The fourth-order valence-corrected chi connectivity index (χ4v) is 4.13. The first kappa shape index (κ1) is 21.0. The Labute approximate surface area is 194 Å². The molecule has 1 aliphatic heterocycles.